The predicted molar refractivity (Wildman–Crippen MR) is 95.6 cm³/mol. The molecule has 6 nitrogen and oxygen atoms in total. The Morgan fingerprint density at radius 2 is 2.16 bits per heavy atom. The standard InChI is InChI=1S/C17H13BrClN3O3/c1-9-6-11(19)2-3-12(9)22-8-10(7-15(22)23)16-20-17(25-21-16)13-4-5-14(18)24-13/h2-6,10H,7-8H2,1H3. The van der Waals surface area contributed by atoms with Crippen molar-refractivity contribution in [3.05, 3.63) is 51.4 Å². The molecule has 3 heterocycles. The molecule has 0 N–H and O–H groups in total. The Morgan fingerprint density at radius 3 is 2.88 bits per heavy atom. The highest BCUT2D eigenvalue weighted by Crippen LogP contribution is 2.34. The van der Waals surface area contributed by atoms with Crippen molar-refractivity contribution >= 4 is 39.1 Å². The zero-order valence-electron chi connectivity index (χ0n) is 13.2. The topological polar surface area (TPSA) is 72.4 Å². The summed E-state index contributed by atoms with van der Waals surface area (Å²) in [4.78, 5) is 18.6. The molecule has 0 spiro atoms. The molecule has 1 amide bonds. The molecular formula is C17H13BrClN3O3. The van der Waals surface area contributed by atoms with Crippen LogP contribution in [0.15, 0.2) is 43.9 Å². The van der Waals surface area contributed by atoms with Gasteiger partial charge in [0.1, 0.15) is 0 Å². The molecule has 1 fully saturated rings. The fourth-order valence-corrected chi connectivity index (χ4v) is 3.50. The summed E-state index contributed by atoms with van der Waals surface area (Å²) in [6, 6.07) is 8.98. The Balaban J connectivity index is 1.57. The fraction of sp³-hybridized carbons (Fsp3) is 0.235. The van der Waals surface area contributed by atoms with Gasteiger partial charge in [0.15, 0.2) is 16.3 Å². The number of aryl methyl sites for hydroxylation is 1. The van der Waals surface area contributed by atoms with Crippen LogP contribution >= 0.6 is 27.5 Å². The van der Waals surface area contributed by atoms with Gasteiger partial charge in [0.2, 0.25) is 5.91 Å². The first-order chi connectivity index (χ1) is 12.0. The van der Waals surface area contributed by atoms with Crippen molar-refractivity contribution in [2.45, 2.75) is 19.3 Å². The second-order valence-electron chi connectivity index (χ2n) is 5.90. The Labute approximate surface area is 156 Å². The SMILES string of the molecule is Cc1cc(Cl)ccc1N1CC(c2noc(-c3ccc(Br)o3)n2)CC1=O. The van der Waals surface area contributed by atoms with Gasteiger partial charge < -0.3 is 13.8 Å². The minimum Gasteiger partial charge on any atom is -0.444 e. The van der Waals surface area contributed by atoms with E-state index in [1.54, 1.807) is 23.1 Å². The molecule has 0 radical (unpaired) electrons. The number of benzene rings is 1. The number of hydrogen-bond donors (Lipinski definition) is 0. The van der Waals surface area contributed by atoms with Gasteiger partial charge in [-0.1, -0.05) is 16.8 Å². The molecule has 0 aliphatic carbocycles. The van der Waals surface area contributed by atoms with Crippen molar-refractivity contribution < 1.29 is 13.7 Å². The number of aromatic nitrogens is 2. The molecule has 1 atom stereocenters. The van der Waals surface area contributed by atoms with Crippen molar-refractivity contribution in [2.24, 2.45) is 0 Å². The second kappa shape index (κ2) is 6.31. The number of anilines is 1. The second-order valence-corrected chi connectivity index (χ2v) is 7.12. The minimum atomic E-state index is -0.126. The van der Waals surface area contributed by atoms with E-state index in [-0.39, 0.29) is 11.8 Å². The van der Waals surface area contributed by atoms with Crippen LogP contribution in [0.25, 0.3) is 11.7 Å². The number of rotatable bonds is 3. The van der Waals surface area contributed by atoms with Crippen molar-refractivity contribution in [1.82, 2.24) is 10.1 Å². The average Bonchev–Trinajstić information content (AvgIpc) is 3.27. The zero-order valence-corrected chi connectivity index (χ0v) is 15.5. The summed E-state index contributed by atoms with van der Waals surface area (Å²) < 4.78 is 11.3. The van der Waals surface area contributed by atoms with E-state index in [2.05, 4.69) is 26.1 Å². The predicted octanol–water partition coefficient (Wildman–Crippen LogP) is 4.57. The molecule has 0 bridgehead atoms. The highest BCUT2D eigenvalue weighted by atomic mass is 79.9. The van der Waals surface area contributed by atoms with E-state index in [9.17, 15) is 4.79 Å². The molecule has 128 valence electrons. The lowest BCUT2D eigenvalue weighted by Crippen LogP contribution is -2.25. The molecule has 0 saturated carbocycles. The van der Waals surface area contributed by atoms with Gasteiger partial charge >= 0.3 is 0 Å². The Kier molecular flexibility index (Phi) is 4.13. The molecule has 1 unspecified atom stereocenters. The zero-order chi connectivity index (χ0) is 17.6. The normalized spacial score (nSPS) is 17.5. The Hall–Kier alpha value is -2.12. The van der Waals surface area contributed by atoms with E-state index in [0.29, 0.717) is 40.1 Å². The third kappa shape index (κ3) is 3.09. The average molecular weight is 423 g/mol. The van der Waals surface area contributed by atoms with E-state index in [1.807, 2.05) is 19.1 Å². The maximum Gasteiger partial charge on any atom is 0.293 e. The van der Waals surface area contributed by atoms with Crippen LogP contribution in [-0.2, 0) is 4.79 Å². The van der Waals surface area contributed by atoms with E-state index in [4.69, 9.17) is 20.5 Å². The number of carbonyl (C=O) groups excluding carboxylic acids is 1. The molecule has 4 rings (SSSR count). The van der Waals surface area contributed by atoms with Crippen LogP contribution in [0.3, 0.4) is 0 Å². The Morgan fingerprint density at radius 1 is 1.32 bits per heavy atom. The molecule has 1 aliphatic heterocycles. The van der Waals surface area contributed by atoms with Crippen LogP contribution in [0.1, 0.15) is 23.7 Å². The van der Waals surface area contributed by atoms with E-state index in [0.717, 1.165) is 11.3 Å². The summed E-state index contributed by atoms with van der Waals surface area (Å²) in [5.41, 5.74) is 1.81. The van der Waals surface area contributed by atoms with Crippen molar-refractivity contribution in [3.63, 3.8) is 0 Å². The number of furan rings is 1. The molecule has 2 aromatic heterocycles. The highest BCUT2D eigenvalue weighted by Gasteiger charge is 2.35. The highest BCUT2D eigenvalue weighted by molar-refractivity contribution is 9.10. The van der Waals surface area contributed by atoms with Crippen molar-refractivity contribution in [3.8, 4) is 11.7 Å². The number of amides is 1. The van der Waals surface area contributed by atoms with Gasteiger partial charge in [-0.25, -0.2) is 0 Å². The first kappa shape index (κ1) is 16.4. The van der Waals surface area contributed by atoms with Gasteiger partial charge in [-0.3, -0.25) is 4.79 Å². The summed E-state index contributed by atoms with van der Waals surface area (Å²) in [6.45, 7) is 2.44. The van der Waals surface area contributed by atoms with Gasteiger partial charge in [0.25, 0.3) is 5.89 Å². The van der Waals surface area contributed by atoms with E-state index in [1.165, 1.54) is 0 Å². The molecule has 1 aromatic carbocycles. The van der Waals surface area contributed by atoms with Crippen LogP contribution in [0, 0.1) is 6.92 Å². The summed E-state index contributed by atoms with van der Waals surface area (Å²) in [5.74, 6) is 1.20. The molecule has 8 heteroatoms. The summed E-state index contributed by atoms with van der Waals surface area (Å²) >= 11 is 9.24. The fourth-order valence-electron chi connectivity index (χ4n) is 2.97. The molecule has 1 saturated heterocycles. The van der Waals surface area contributed by atoms with E-state index >= 15 is 0 Å². The summed E-state index contributed by atoms with van der Waals surface area (Å²) in [6.07, 6.45) is 0.336. The first-order valence-corrected chi connectivity index (χ1v) is 8.84. The van der Waals surface area contributed by atoms with Gasteiger partial charge in [-0.2, -0.15) is 4.98 Å². The van der Waals surface area contributed by atoms with E-state index < -0.39 is 0 Å². The lowest BCUT2D eigenvalue weighted by atomic mass is 10.1. The number of nitrogens with zero attached hydrogens (tertiary/aromatic N) is 3. The van der Waals surface area contributed by atoms with Crippen LogP contribution < -0.4 is 4.90 Å². The van der Waals surface area contributed by atoms with Crippen molar-refractivity contribution in [2.75, 3.05) is 11.4 Å². The monoisotopic (exact) mass is 421 g/mol. The summed E-state index contributed by atoms with van der Waals surface area (Å²) in [7, 11) is 0. The summed E-state index contributed by atoms with van der Waals surface area (Å²) in [5, 5.41) is 4.67. The van der Waals surface area contributed by atoms with Crippen molar-refractivity contribution in [1.29, 1.82) is 0 Å². The first-order valence-electron chi connectivity index (χ1n) is 7.67. The van der Waals surface area contributed by atoms with Crippen LogP contribution in [0.5, 0.6) is 0 Å². The quantitative estimate of drug-likeness (QED) is 0.618. The molecule has 1 aliphatic rings. The molecule has 25 heavy (non-hydrogen) atoms. The number of hydrogen-bond acceptors (Lipinski definition) is 5. The van der Waals surface area contributed by atoms with Gasteiger partial charge in [0, 0.05) is 29.6 Å². The maximum absolute atomic E-state index is 12.5. The third-order valence-electron chi connectivity index (χ3n) is 4.17. The molecule has 3 aromatic rings. The minimum absolute atomic E-state index is 0.0301. The van der Waals surface area contributed by atoms with Gasteiger partial charge in [-0.15, -0.1) is 0 Å². The lowest BCUT2D eigenvalue weighted by Gasteiger charge is -2.18. The Bertz CT molecular complexity index is 952. The van der Waals surface area contributed by atoms with Crippen LogP contribution in [-0.4, -0.2) is 22.6 Å². The van der Waals surface area contributed by atoms with Crippen LogP contribution in [0.2, 0.25) is 5.02 Å². The number of halogens is 2. The largest absolute Gasteiger partial charge is 0.444 e. The van der Waals surface area contributed by atoms with Crippen LogP contribution in [0.4, 0.5) is 5.69 Å². The van der Waals surface area contributed by atoms with Gasteiger partial charge in [-0.05, 0) is 58.7 Å². The molecular weight excluding hydrogens is 410 g/mol. The maximum atomic E-state index is 12.5. The van der Waals surface area contributed by atoms with Gasteiger partial charge in [0.05, 0.1) is 0 Å². The third-order valence-corrected chi connectivity index (χ3v) is 4.83. The number of carbonyl (C=O) groups is 1. The smallest absolute Gasteiger partial charge is 0.293 e. The lowest BCUT2D eigenvalue weighted by molar-refractivity contribution is -0.117.